The summed E-state index contributed by atoms with van der Waals surface area (Å²) >= 11 is 0. The SMILES string of the molecule is OC1CC2C=NC1C2. The molecule has 0 amide bonds. The van der Waals surface area contributed by atoms with Gasteiger partial charge in [0.2, 0.25) is 0 Å². The lowest BCUT2D eigenvalue weighted by Gasteiger charge is -2.08. The van der Waals surface area contributed by atoms with E-state index in [1.807, 2.05) is 6.21 Å². The van der Waals surface area contributed by atoms with Gasteiger partial charge in [-0.1, -0.05) is 0 Å². The summed E-state index contributed by atoms with van der Waals surface area (Å²) in [6.45, 7) is 0. The quantitative estimate of drug-likeness (QED) is 0.476. The number of aliphatic hydroxyl groups is 1. The molecule has 1 heterocycles. The molecule has 2 rings (SSSR count). The van der Waals surface area contributed by atoms with Crippen molar-refractivity contribution >= 4 is 6.21 Å². The van der Waals surface area contributed by atoms with E-state index < -0.39 is 0 Å². The van der Waals surface area contributed by atoms with E-state index in [2.05, 4.69) is 4.99 Å². The van der Waals surface area contributed by atoms with Crippen LogP contribution >= 0.6 is 0 Å². The predicted molar refractivity (Wildman–Crippen MR) is 31.0 cm³/mol. The summed E-state index contributed by atoms with van der Waals surface area (Å²) in [5.41, 5.74) is 0. The van der Waals surface area contributed by atoms with E-state index in [9.17, 15) is 0 Å². The molecule has 44 valence electrons. The molecule has 2 nitrogen and oxygen atoms in total. The third kappa shape index (κ3) is 0.436. The van der Waals surface area contributed by atoms with Crippen LogP contribution in [-0.4, -0.2) is 23.5 Å². The number of hydrogen-bond acceptors (Lipinski definition) is 2. The maximum atomic E-state index is 9.11. The van der Waals surface area contributed by atoms with Gasteiger partial charge in [0.25, 0.3) is 0 Å². The second kappa shape index (κ2) is 1.32. The molecule has 0 saturated heterocycles. The first kappa shape index (κ1) is 4.50. The molecule has 1 aliphatic carbocycles. The fourth-order valence-electron chi connectivity index (χ4n) is 1.54. The topological polar surface area (TPSA) is 32.6 Å². The minimum atomic E-state index is -0.120. The Kier molecular flexibility index (Phi) is 0.742. The van der Waals surface area contributed by atoms with Gasteiger partial charge in [-0.15, -0.1) is 0 Å². The Balaban J connectivity index is 2.23. The number of hydrogen-bond donors (Lipinski definition) is 1. The minimum Gasteiger partial charge on any atom is -0.391 e. The van der Waals surface area contributed by atoms with E-state index in [1.165, 1.54) is 0 Å². The van der Waals surface area contributed by atoms with Crippen molar-refractivity contribution in [2.75, 3.05) is 0 Å². The highest BCUT2D eigenvalue weighted by Crippen LogP contribution is 2.31. The van der Waals surface area contributed by atoms with Crippen LogP contribution in [0.2, 0.25) is 0 Å². The van der Waals surface area contributed by atoms with Gasteiger partial charge >= 0.3 is 0 Å². The molecule has 0 radical (unpaired) electrons. The summed E-state index contributed by atoms with van der Waals surface area (Å²) in [5, 5.41) is 9.11. The van der Waals surface area contributed by atoms with E-state index in [-0.39, 0.29) is 12.1 Å². The van der Waals surface area contributed by atoms with Crippen LogP contribution in [0.15, 0.2) is 4.99 Å². The average molecular weight is 111 g/mol. The van der Waals surface area contributed by atoms with Gasteiger partial charge in [0.15, 0.2) is 0 Å². The maximum absolute atomic E-state index is 9.11. The first-order chi connectivity index (χ1) is 3.86. The van der Waals surface area contributed by atoms with Gasteiger partial charge in [0.1, 0.15) is 0 Å². The van der Waals surface area contributed by atoms with E-state index in [0.29, 0.717) is 5.92 Å². The Labute approximate surface area is 48.2 Å². The van der Waals surface area contributed by atoms with Crippen LogP contribution in [0.1, 0.15) is 12.8 Å². The lowest BCUT2D eigenvalue weighted by Crippen LogP contribution is -2.17. The van der Waals surface area contributed by atoms with Gasteiger partial charge in [0.05, 0.1) is 12.1 Å². The largest absolute Gasteiger partial charge is 0.391 e. The normalized spacial score (nSPS) is 50.9. The molecule has 0 aromatic heterocycles. The first-order valence-corrected chi connectivity index (χ1v) is 3.07. The van der Waals surface area contributed by atoms with Gasteiger partial charge in [-0.3, -0.25) is 4.99 Å². The molecule has 2 bridgehead atoms. The molecular formula is C6H9NO. The second-order valence-corrected chi connectivity index (χ2v) is 2.66. The number of fused-ring (bicyclic) bond motifs is 2. The summed E-state index contributed by atoms with van der Waals surface area (Å²) in [6.07, 6.45) is 3.91. The minimum absolute atomic E-state index is 0.120. The predicted octanol–water partition coefficient (Wildman–Crippen LogP) is 0.210. The van der Waals surface area contributed by atoms with E-state index >= 15 is 0 Å². The monoisotopic (exact) mass is 111 g/mol. The molecule has 1 fully saturated rings. The molecule has 2 aliphatic rings. The molecule has 0 aromatic rings. The fraction of sp³-hybridized carbons (Fsp3) is 0.833. The van der Waals surface area contributed by atoms with Gasteiger partial charge in [-0.2, -0.15) is 0 Å². The standard InChI is InChI=1S/C6H9NO/c8-6-2-4-1-5(6)7-3-4/h3-6,8H,1-2H2. The summed E-state index contributed by atoms with van der Waals surface area (Å²) in [7, 11) is 0. The van der Waals surface area contributed by atoms with E-state index in [1.54, 1.807) is 0 Å². The number of aliphatic imine (C=N–C) groups is 1. The van der Waals surface area contributed by atoms with Gasteiger partial charge < -0.3 is 5.11 Å². The number of aliphatic hydroxyl groups excluding tert-OH is 1. The van der Waals surface area contributed by atoms with E-state index in [4.69, 9.17) is 5.11 Å². The van der Waals surface area contributed by atoms with Crippen LogP contribution in [0.5, 0.6) is 0 Å². The zero-order valence-corrected chi connectivity index (χ0v) is 4.62. The van der Waals surface area contributed by atoms with Gasteiger partial charge in [0, 0.05) is 6.21 Å². The van der Waals surface area contributed by atoms with Crippen molar-refractivity contribution in [2.45, 2.75) is 25.0 Å². The summed E-state index contributed by atoms with van der Waals surface area (Å²) in [4.78, 5) is 4.11. The fourth-order valence-corrected chi connectivity index (χ4v) is 1.54. The molecule has 8 heavy (non-hydrogen) atoms. The molecule has 3 unspecified atom stereocenters. The lowest BCUT2D eigenvalue weighted by molar-refractivity contribution is 0.161. The zero-order valence-electron chi connectivity index (χ0n) is 4.62. The smallest absolute Gasteiger partial charge is 0.0769 e. The Morgan fingerprint density at radius 2 is 2.38 bits per heavy atom. The van der Waals surface area contributed by atoms with Crippen molar-refractivity contribution in [3.05, 3.63) is 0 Å². The highest BCUT2D eigenvalue weighted by atomic mass is 16.3. The van der Waals surface area contributed by atoms with Gasteiger partial charge in [-0.25, -0.2) is 0 Å². The molecule has 1 saturated carbocycles. The molecular weight excluding hydrogens is 102 g/mol. The van der Waals surface area contributed by atoms with Crippen molar-refractivity contribution in [1.82, 2.24) is 0 Å². The van der Waals surface area contributed by atoms with Crippen LogP contribution in [0.25, 0.3) is 0 Å². The van der Waals surface area contributed by atoms with Crippen molar-refractivity contribution in [1.29, 1.82) is 0 Å². The second-order valence-electron chi connectivity index (χ2n) is 2.66. The zero-order chi connectivity index (χ0) is 5.56. The summed E-state index contributed by atoms with van der Waals surface area (Å²) < 4.78 is 0. The average Bonchev–Trinajstić information content (AvgIpc) is 2.23. The third-order valence-corrected chi connectivity index (χ3v) is 2.02. The van der Waals surface area contributed by atoms with Crippen LogP contribution in [0.4, 0.5) is 0 Å². The van der Waals surface area contributed by atoms with Crippen molar-refractivity contribution in [2.24, 2.45) is 10.9 Å². The number of nitrogens with zero attached hydrogens (tertiary/aromatic N) is 1. The summed E-state index contributed by atoms with van der Waals surface area (Å²) in [5.74, 6) is 0.606. The van der Waals surface area contributed by atoms with Crippen LogP contribution in [-0.2, 0) is 0 Å². The van der Waals surface area contributed by atoms with Crippen LogP contribution in [0.3, 0.4) is 0 Å². The van der Waals surface area contributed by atoms with Crippen LogP contribution in [0, 0.1) is 5.92 Å². The highest BCUT2D eigenvalue weighted by Gasteiger charge is 2.35. The van der Waals surface area contributed by atoms with Crippen LogP contribution < -0.4 is 0 Å². The Hall–Kier alpha value is -0.370. The van der Waals surface area contributed by atoms with Crippen molar-refractivity contribution in [3.8, 4) is 0 Å². The molecule has 0 aromatic carbocycles. The third-order valence-electron chi connectivity index (χ3n) is 2.02. The summed E-state index contributed by atoms with van der Waals surface area (Å²) in [6, 6.07) is 0.264. The van der Waals surface area contributed by atoms with Crippen molar-refractivity contribution < 1.29 is 5.11 Å². The Morgan fingerprint density at radius 3 is 2.62 bits per heavy atom. The molecule has 3 atom stereocenters. The highest BCUT2D eigenvalue weighted by molar-refractivity contribution is 5.65. The first-order valence-electron chi connectivity index (χ1n) is 3.07. The molecule has 1 N–H and O–H groups in total. The van der Waals surface area contributed by atoms with Crippen molar-refractivity contribution in [3.63, 3.8) is 0 Å². The Bertz CT molecular complexity index is 132. The van der Waals surface area contributed by atoms with E-state index in [0.717, 1.165) is 12.8 Å². The lowest BCUT2D eigenvalue weighted by atomic mass is 10.1. The molecule has 2 heteroatoms. The molecule has 0 spiro atoms. The Morgan fingerprint density at radius 1 is 1.50 bits per heavy atom. The van der Waals surface area contributed by atoms with Gasteiger partial charge in [-0.05, 0) is 18.8 Å². The number of rotatable bonds is 0. The maximum Gasteiger partial charge on any atom is 0.0769 e. The molecule has 1 aliphatic heterocycles.